The van der Waals surface area contributed by atoms with Gasteiger partial charge in [-0.25, -0.2) is 0 Å². The summed E-state index contributed by atoms with van der Waals surface area (Å²) in [5, 5.41) is 2.77. The Balaban J connectivity index is 1.70. The highest BCUT2D eigenvalue weighted by atomic mass is 32.2. The van der Waals surface area contributed by atoms with Gasteiger partial charge in [0.15, 0.2) is 0 Å². The monoisotopic (exact) mass is 274 g/mol. The van der Waals surface area contributed by atoms with E-state index in [1.54, 1.807) is 0 Å². The van der Waals surface area contributed by atoms with Gasteiger partial charge in [-0.1, -0.05) is 24.0 Å². The average Bonchev–Trinajstić information content (AvgIpc) is 2.93. The van der Waals surface area contributed by atoms with Crippen LogP contribution >= 0.6 is 24.0 Å². The summed E-state index contributed by atoms with van der Waals surface area (Å²) >= 11 is 6.40. The van der Waals surface area contributed by atoms with Gasteiger partial charge in [-0.05, 0) is 12.8 Å². The van der Waals surface area contributed by atoms with E-state index in [0.29, 0.717) is 29.8 Å². The lowest BCUT2D eigenvalue weighted by molar-refractivity contribution is -0.130. The molecule has 0 saturated carbocycles. The molecule has 0 aliphatic carbocycles. The molecule has 1 atom stereocenters. The van der Waals surface area contributed by atoms with Gasteiger partial charge in [-0.2, -0.15) is 0 Å². The van der Waals surface area contributed by atoms with Crippen molar-refractivity contribution in [3.05, 3.63) is 0 Å². The van der Waals surface area contributed by atoms with Crippen LogP contribution in [-0.4, -0.2) is 52.6 Å². The molecule has 0 aromatic carbocycles. The van der Waals surface area contributed by atoms with Gasteiger partial charge in [0.25, 0.3) is 0 Å². The highest BCUT2D eigenvalue weighted by molar-refractivity contribution is 8.23. The zero-order chi connectivity index (χ0) is 12.3. The van der Waals surface area contributed by atoms with Gasteiger partial charge in [0.2, 0.25) is 11.8 Å². The molecule has 2 aliphatic rings. The summed E-state index contributed by atoms with van der Waals surface area (Å²) in [5.74, 6) is 0.345. The van der Waals surface area contributed by atoms with E-state index < -0.39 is 0 Å². The highest BCUT2D eigenvalue weighted by Gasteiger charge is 2.27. The van der Waals surface area contributed by atoms with Crippen LogP contribution in [0, 0.1) is 0 Å². The van der Waals surface area contributed by atoms with Crippen molar-refractivity contribution in [1.82, 2.24) is 10.2 Å². The van der Waals surface area contributed by atoms with Crippen LogP contribution < -0.4 is 5.32 Å². The van der Waals surface area contributed by atoms with Crippen LogP contribution in [0.3, 0.4) is 0 Å². The van der Waals surface area contributed by atoms with Gasteiger partial charge in [-0.3, -0.25) is 14.5 Å². The number of nitrogens with zero attached hydrogens (tertiary/aromatic N) is 1. The third-order valence-corrected chi connectivity index (χ3v) is 4.13. The van der Waals surface area contributed by atoms with Crippen LogP contribution in [0.5, 0.6) is 0 Å². The normalized spacial score (nSPS) is 24.5. The molecule has 2 fully saturated rings. The first-order chi connectivity index (χ1) is 8.18. The first-order valence-corrected chi connectivity index (χ1v) is 6.94. The fourth-order valence-corrected chi connectivity index (χ4v) is 2.91. The Morgan fingerprint density at radius 1 is 1.65 bits per heavy atom. The molecule has 94 valence electrons. The standard InChI is InChI=1S/C10H14N2O3S2/c13-8-6-17-10(16)12(8)4-3-11-9(14)7-2-1-5-15-7/h7H,1-6H2,(H,11,14). The van der Waals surface area contributed by atoms with E-state index in [1.165, 1.54) is 16.7 Å². The lowest BCUT2D eigenvalue weighted by atomic mass is 10.2. The average molecular weight is 274 g/mol. The summed E-state index contributed by atoms with van der Waals surface area (Å²) < 4.78 is 5.86. The maximum absolute atomic E-state index is 11.6. The second kappa shape index (κ2) is 5.79. The molecule has 0 radical (unpaired) electrons. The van der Waals surface area contributed by atoms with Crippen LogP contribution in [0.25, 0.3) is 0 Å². The lowest BCUT2D eigenvalue weighted by Gasteiger charge is -2.16. The van der Waals surface area contributed by atoms with E-state index in [9.17, 15) is 9.59 Å². The first-order valence-electron chi connectivity index (χ1n) is 5.55. The number of nitrogens with one attached hydrogen (secondary N) is 1. The summed E-state index contributed by atoms with van der Waals surface area (Å²) in [7, 11) is 0. The van der Waals surface area contributed by atoms with Crippen LogP contribution in [0.1, 0.15) is 12.8 Å². The molecule has 17 heavy (non-hydrogen) atoms. The molecule has 0 bridgehead atoms. The number of hydrogen-bond donors (Lipinski definition) is 1. The van der Waals surface area contributed by atoms with Crippen LogP contribution in [0.2, 0.25) is 0 Å². The maximum atomic E-state index is 11.6. The van der Waals surface area contributed by atoms with Crippen molar-refractivity contribution in [3.63, 3.8) is 0 Å². The fraction of sp³-hybridized carbons (Fsp3) is 0.700. The number of hydrogen-bond acceptors (Lipinski definition) is 5. The molecule has 2 amide bonds. The molecule has 2 heterocycles. The van der Waals surface area contributed by atoms with Crippen LogP contribution in [-0.2, 0) is 14.3 Å². The SMILES string of the molecule is O=C(NCCN1C(=O)CSC1=S)C1CCCO1. The Morgan fingerprint density at radius 2 is 2.47 bits per heavy atom. The van der Waals surface area contributed by atoms with Crippen molar-refractivity contribution in [2.45, 2.75) is 18.9 Å². The Hall–Kier alpha value is -0.660. The second-order valence-corrected chi connectivity index (χ2v) is 5.50. The molecule has 2 rings (SSSR count). The van der Waals surface area contributed by atoms with E-state index in [4.69, 9.17) is 17.0 Å². The van der Waals surface area contributed by atoms with Crippen LogP contribution in [0.15, 0.2) is 0 Å². The van der Waals surface area contributed by atoms with Crippen molar-refractivity contribution in [3.8, 4) is 0 Å². The molecule has 7 heteroatoms. The van der Waals surface area contributed by atoms with Gasteiger partial charge in [0.1, 0.15) is 10.4 Å². The van der Waals surface area contributed by atoms with Gasteiger partial charge in [0, 0.05) is 19.7 Å². The van der Waals surface area contributed by atoms with Gasteiger partial charge in [0.05, 0.1) is 5.75 Å². The molecule has 2 saturated heterocycles. The van der Waals surface area contributed by atoms with Crippen molar-refractivity contribution < 1.29 is 14.3 Å². The van der Waals surface area contributed by atoms with E-state index in [2.05, 4.69) is 5.32 Å². The van der Waals surface area contributed by atoms with Crippen molar-refractivity contribution >= 4 is 40.1 Å². The summed E-state index contributed by atoms with van der Waals surface area (Å²) in [4.78, 5) is 24.5. The zero-order valence-electron chi connectivity index (χ0n) is 9.31. The van der Waals surface area contributed by atoms with Gasteiger partial charge in [-0.15, -0.1) is 0 Å². The summed E-state index contributed by atoms with van der Waals surface area (Å²) in [6.07, 6.45) is 1.40. The van der Waals surface area contributed by atoms with E-state index in [1.807, 2.05) is 0 Å². The van der Waals surface area contributed by atoms with Gasteiger partial charge < -0.3 is 10.1 Å². The van der Waals surface area contributed by atoms with E-state index in [0.717, 1.165) is 12.8 Å². The molecule has 0 aromatic rings. The minimum Gasteiger partial charge on any atom is -0.368 e. The molecular formula is C10H14N2O3S2. The van der Waals surface area contributed by atoms with E-state index >= 15 is 0 Å². The fourth-order valence-electron chi connectivity index (χ4n) is 1.79. The number of carbonyl (C=O) groups is 2. The number of rotatable bonds is 4. The lowest BCUT2D eigenvalue weighted by Crippen LogP contribution is -2.40. The Morgan fingerprint density at radius 3 is 3.06 bits per heavy atom. The number of carbonyl (C=O) groups excluding carboxylic acids is 2. The van der Waals surface area contributed by atoms with Crippen molar-refractivity contribution in [1.29, 1.82) is 0 Å². The molecule has 0 aromatic heterocycles. The third-order valence-electron chi connectivity index (χ3n) is 2.70. The van der Waals surface area contributed by atoms with Crippen molar-refractivity contribution in [2.24, 2.45) is 0 Å². The van der Waals surface area contributed by atoms with Crippen molar-refractivity contribution in [2.75, 3.05) is 25.4 Å². The molecule has 1 unspecified atom stereocenters. The number of thiocarbonyl (C=S) groups is 1. The largest absolute Gasteiger partial charge is 0.368 e. The maximum Gasteiger partial charge on any atom is 0.249 e. The first kappa shape index (κ1) is 12.8. The zero-order valence-corrected chi connectivity index (χ0v) is 10.9. The Bertz CT molecular complexity index is 326. The molecule has 0 spiro atoms. The Labute approximate surface area is 109 Å². The summed E-state index contributed by atoms with van der Waals surface area (Å²) in [6.45, 7) is 1.53. The van der Waals surface area contributed by atoms with E-state index in [-0.39, 0.29) is 17.9 Å². The number of ether oxygens (including phenoxy) is 1. The molecule has 2 aliphatic heterocycles. The summed E-state index contributed by atoms with van der Waals surface area (Å²) in [6, 6.07) is 0. The molecule has 1 N–H and O–H groups in total. The highest BCUT2D eigenvalue weighted by Crippen LogP contribution is 2.18. The minimum atomic E-state index is -0.314. The topological polar surface area (TPSA) is 58.6 Å². The predicted octanol–water partition coefficient (Wildman–Crippen LogP) is 0.142. The minimum absolute atomic E-state index is 0.0198. The summed E-state index contributed by atoms with van der Waals surface area (Å²) in [5.41, 5.74) is 0. The van der Waals surface area contributed by atoms with Gasteiger partial charge >= 0.3 is 0 Å². The molecular weight excluding hydrogens is 260 g/mol. The molecule has 5 nitrogen and oxygen atoms in total. The second-order valence-electron chi connectivity index (χ2n) is 3.89. The van der Waals surface area contributed by atoms with Crippen LogP contribution in [0.4, 0.5) is 0 Å². The number of amides is 2. The predicted molar refractivity (Wildman–Crippen MR) is 68.8 cm³/mol. The quantitative estimate of drug-likeness (QED) is 0.739. The Kier molecular flexibility index (Phi) is 4.36. The third kappa shape index (κ3) is 3.17. The smallest absolute Gasteiger partial charge is 0.249 e. The number of thioether (sulfide) groups is 1.